The number of hydrogen-bond donors (Lipinski definition) is 1. The molecule has 1 aliphatic heterocycles. The van der Waals surface area contributed by atoms with E-state index in [0.29, 0.717) is 9.90 Å². The number of methoxy groups -OCH3 is 1. The van der Waals surface area contributed by atoms with Crippen molar-refractivity contribution in [2.75, 3.05) is 30.4 Å². The van der Waals surface area contributed by atoms with Gasteiger partial charge >= 0.3 is 0 Å². The molecule has 4 nitrogen and oxygen atoms in total. The molecule has 1 amide bonds. The van der Waals surface area contributed by atoms with Crippen LogP contribution >= 0.6 is 22.9 Å². The highest BCUT2D eigenvalue weighted by atomic mass is 35.5. The number of nitrogens with one attached hydrogen (secondary N) is 1. The van der Waals surface area contributed by atoms with Gasteiger partial charge in [-0.2, -0.15) is 0 Å². The lowest BCUT2D eigenvalue weighted by molar-refractivity contribution is 0.103. The van der Waals surface area contributed by atoms with Crippen molar-refractivity contribution in [2.24, 2.45) is 0 Å². The maximum Gasteiger partial charge on any atom is 0.267 e. The summed E-state index contributed by atoms with van der Waals surface area (Å²) in [6.07, 6.45) is 2.49. The number of amides is 1. The number of nitrogens with zero attached hydrogens (tertiary/aromatic N) is 1. The number of hydrogen-bond acceptors (Lipinski definition) is 4. The van der Waals surface area contributed by atoms with Gasteiger partial charge in [-0.1, -0.05) is 11.6 Å². The Morgan fingerprint density at radius 2 is 1.88 bits per heavy atom. The van der Waals surface area contributed by atoms with E-state index in [2.05, 4.69) is 22.3 Å². The summed E-state index contributed by atoms with van der Waals surface area (Å²) in [5.41, 5.74) is 1.97. The fourth-order valence-electron chi connectivity index (χ4n) is 3.24. The van der Waals surface area contributed by atoms with E-state index in [-0.39, 0.29) is 5.91 Å². The van der Waals surface area contributed by atoms with Gasteiger partial charge in [-0.05, 0) is 55.3 Å². The molecule has 1 aromatic heterocycles. The van der Waals surface area contributed by atoms with Gasteiger partial charge in [-0.25, -0.2) is 0 Å². The molecular weight excluding hydrogens is 368 g/mol. The third-order valence-electron chi connectivity index (χ3n) is 4.64. The average Bonchev–Trinajstić information content (AvgIpc) is 3.31. The van der Waals surface area contributed by atoms with Crippen LogP contribution in [0.3, 0.4) is 0 Å². The van der Waals surface area contributed by atoms with Crippen LogP contribution in [0.15, 0.2) is 42.5 Å². The van der Waals surface area contributed by atoms with E-state index < -0.39 is 0 Å². The molecular formula is C20H19ClN2O2S. The normalized spacial score (nSPS) is 14.0. The molecule has 6 heteroatoms. The standard InChI is InChI=1S/C20H19ClN2O2S/c1-25-15-8-9-17-16(12-15)18(21)19(26-17)20(24)22-13-4-6-14(7-5-13)23-10-2-3-11-23/h4-9,12H,2-3,10-11H2,1H3,(H,22,24). The van der Waals surface area contributed by atoms with Crippen LogP contribution in [0.25, 0.3) is 10.1 Å². The number of carbonyl (C=O) groups is 1. The van der Waals surface area contributed by atoms with Crippen LogP contribution in [-0.4, -0.2) is 26.1 Å². The van der Waals surface area contributed by atoms with Gasteiger partial charge in [-0.15, -0.1) is 11.3 Å². The third-order valence-corrected chi connectivity index (χ3v) is 6.31. The van der Waals surface area contributed by atoms with E-state index in [9.17, 15) is 4.79 Å². The predicted octanol–water partition coefficient (Wildman–Crippen LogP) is 5.42. The molecule has 0 radical (unpaired) electrons. The summed E-state index contributed by atoms with van der Waals surface area (Å²) in [4.78, 5) is 15.5. The molecule has 0 spiro atoms. The number of halogens is 1. The van der Waals surface area contributed by atoms with Crippen LogP contribution in [0.2, 0.25) is 5.02 Å². The highest BCUT2D eigenvalue weighted by Crippen LogP contribution is 2.37. The Morgan fingerprint density at radius 1 is 1.15 bits per heavy atom. The minimum atomic E-state index is -0.191. The molecule has 1 N–H and O–H groups in total. The van der Waals surface area contributed by atoms with Gasteiger partial charge < -0.3 is 15.0 Å². The summed E-state index contributed by atoms with van der Waals surface area (Å²) in [7, 11) is 1.61. The van der Waals surface area contributed by atoms with Gasteiger partial charge in [0.1, 0.15) is 10.6 Å². The molecule has 134 valence electrons. The largest absolute Gasteiger partial charge is 0.497 e. The average molecular weight is 387 g/mol. The van der Waals surface area contributed by atoms with Crippen LogP contribution in [0.4, 0.5) is 11.4 Å². The topological polar surface area (TPSA) is 41.6 Å². The van der Waals surface area contributed by atoms with Crippen molar-refractivity contribution in [3.8, 4) is 5.75 Å². The lowest BCUT2D eigenvalue weighted by Crippen LogP contribution is -2.17. The first kappa shape index (κ1) is 17.2. The second-order valence-electron chi connectivity index (χ2n) is 6.30. The van der Waals surface area contributed by atoms with E-state index in [1.165, 1.54) is 29.9 Å². The fourth-order valence-corrected chi connectivity index (χ4v) is 4.62. The summed E-state index contributed by atoms with van der Waals surface area (Å²) in [6.45, 7) is 2.21. The molecule has 1 saturated heterocycles. The molecule has 0 saturated carbocycles. The van der Waals surface area contributed by atoms with E-state index in [0.717, 1.165) is 34.6 Å². The zero-order valence-electron chi connectivity index (χ0n) is 14.4. The first-order chi connectivity index (χ1) is 12.7. The van der Waals surface area contributed by atoms with E-state index in [1.54, 1.807) is 7.11 Å². The number of rotatable bonds is 4. The van der Waals surface area contributed by atoms with Crippen molar-refractivity contribution >= 4 is 50.3 Å². The van der Waals surface area contributed by atoms with Gasteiger partial charge in [0.25, 0.3) is 5.91 Å². The minimum Gasteiger partial charge on any atom is -0.497 e. The first-order valence-electron chi connectivity index (χ1n) is 8.58. The van der Waals surface area contributed by atoms with Gasteiger partial charge in [0, 0.05) is 34.6 Å². The van der Waals surface area contributed by atoms with E-state index >= 15 is 0 Å². The molecule has 26 heavy (non-hydrogen) atoms. The van der Waals surface area contributed by atoms with Crippen molar-refractivity contribution in [3.05, 3.63) is 52.4 Å². The summed E-state index contributed by atoms with van der Waals surface area (Å²) in [5, 5.41) is 4.25. The van der Waals surface area contributed by atoms with Crippen LogP contribution in [0.1, 0.15) is 22.5 Å². The number of fused-ring (bicyclic) bond motifs is 1. The summed E-state index contributed by atoms with van der Waals surface area (Å²) < 4.78 is 6.20. The zero-order valence-corrected chi connectivity index (χ0v) is 16.0. The van der Waals surface area contributed by atoms with Gasteiger partial charge in [0.2, 0.25) is 0 Å². The van der Waals surface area contributed by atoms with Crippen molar-refractivity contribution < 1.29 is 9.53 Å². The smallest absolute Gasteiger partial charge is 0.267 e. The maximum atomic E-state index is 12.7. The van der Waals surface area contributed by atoms with Crippen LogP contribution in [-0.2, 0) is 0 Å². The molecule has 2 heterocycles. The molecule has 0 aliphatic carbocycles. The zero-order chi connectivity index (χ0) is 18.1. The van der Waals surface area contributed by atoms with Crippen LogP contribution in [0.5, 0.6) is 5.75 Å². The molecule has 3 aromatic rings. The molecule has 0 bridgehead atoms. The quantitative estimate of drug-likeness (QED) is 0.651. The molecule has 1 fully saturated rings. The molecule has 4 rings (SSSR count). The van der Waals surface area contributed by atoms with Crippen molar-refractivity contribution in [1.82, 2.24) is 0 Å². The van der Waals surface area contributed by atoms with E-state index in [4.69, 9.17) is 16.3 Å². The number of benzene rings is 2. The maximum absolute atomic E-state index is 12.7. The Balaban J connectivity index is 1.54. The number of anilines is 2. The third kappa shape index (κ3) is 3.24. The number of thiophene rings is 1. The highest BCUT2D eigenvalue weighted by molar-refractivity contribution is 7.21. The van der Waals surface area contributed by atoms with Gasteiger partial charge in [0.15, 0.2) is 0 Å². The fraction of sp³-hybridized carbons (Fsp3) is 0.250. The highest BCUT2D eigenvalue weighted by Gasteiger charge is 2.18. The number of ether oxygens (including phenoxy) is 1. The van der Waals surface area contributed by atoms with Crippen molar-refractivity contribution in [2.45, 2.75) is 12.8 Å². The molecule has 1 aliphatic rings. The van der Waals surface area contributed by atoms with Crippen LogP contribution in [0, 0.1) is 0 Å². The molecule has 0 atom stereocenters. The molecule has 2 aromatic carbocycles. The van der Waals surface area contributed by atoms with Gasteiger partial charge in [0.05, 0.1) is 12.1 Å². The lowest BCUT2D eigenvalue weighted by Gasteiger charge is -2.17. The Kier molecular flexibility index (Phi) is 4.74. The minimum absolute atomic E-state index is 0.191. The Hall–Kier alpha value is -2.24. The Bertz CT molecular complexity index is 946. The molecule has 0 unspecified atom stereocenters. The van der Waals surface area contributed by atoms with E-state index in [1.807, 2.05) is 30.3 Å². The Morgan fingerprint density at radius 3 is 2.58 bits per heavy atom. The van der Waals surface area contributed by atoms with Crippen molar-refractivity contribution in [3.63, 3.8) is 0 Å². The lowest BCUT2D eigenvalue weighted by atomic mass is 10.2. The monoisotopic (exact) mass is 386 g/mol. The first-order valence-corrected chi connectivity index (χ1v) is 9.77. The predicted molar refractivity (Wildman–Crippen MR) is 109 cm³/mol. The SMILES string of the molecule is COc1ccc2sc(C(=O)Nc3ccc(N4CCCC4)cc3)c(Cl)c2c1. The second-order valence-corrected chi connectivity index (χ2v) is 7.73. The van der Waals surface area contributed by atoms with Crippen LogP contribution < -0.4 is 15.0 Å². The second kappa shape index (κ2) is 7.17. The number of carbonyl (C=O) groups excluding carboxylic acids is 1. The summed E-state index contributed by atoms with van der Waals surface area (Å²) in [5.74, 6) is 0.533. The summed E-state index contributed by atoms with van der Waals surface area (Å²) >= 11 is 7.83. The Labute approximate surface area is 161 Å². The van der Waals surface area contributed by atoms with Crippen molar-refractivity contribution in [1.29, 1.82) is 0 Å². The van der Waals surface area contributed by atoms with Gasteiger partial charge in [-0.3, -0.25) is 4.79 Å². The summed E-state index contributed by atoms with van der Waals surface area (Å²) in [6, 6.07) is 13.6.